The van der Waals surface area contributed by atoms with Crippen LogP contribution in [-0.4, -0.2) is 20.8 Å². The minimum Gasteiger partial charge on any atom is -0.326 e. The second-order valence-electron chi connectivity index (χ2n) is 5.20. The average Bonchev–Trinajstić information content (AvgIpc) is 2.73. The highest BCUT2D eigenvalue weighted by Gasteiger charge is 2.24. The summed E-state index contributed by atoms with van der Waals surface area (Å²) in [6.45, 7) is 0.856. The molecule has 1 unspecified atom stereocenters. The van der Waals surface area contributed by atoms with Crippen molar-refractivity contribution in [2.45, 2.75) is 63.5 Å². The third-order valence-corrected chi connectivity index (χ3v) is 3.88. The highest BCUT2D eigenvalue weighted by Crippen LogP contribution is 2.31. The van der Waals surface area contributed by atoms with E-state index in [0.29, 0.717) is 5.92 Å². The molecule has 1 fully saturated rings. The summed E-state index contributed by atoms with van der Waals surface area (Å²) in [4.78, 5) is 4.71. The zero-order chi connectivity index (χ0) is 11.0. The number of hydrogen-bond donors (Lipinski definition) is 1. The predicted molar refractivity (Wildman–Crippen MR) is 62.1 cm³/mol. The Bertz CT molecular complexity index is 365. The van der Waals surface area contributed by atoms with E-state index in [1.807, 2.05) is 4.68 Å². The minimum absolute atomic E-state index is 0.272. The molecule has 2 N–H and O–H groups in total. The molecule has 1 aliphatic heterocycles. The minimum atomic E-state index is 0.272. The highest BCUT2D eigenvalue weighted by molar-refractivity contribution is 5.03. The summed E-state index contributed by atoms with van der Waals surface area (Å²) in [5.74, 6) is 2.86. The third-order valence-electron chi connectivity index (χ3n) is 3.88. The SMILES string of the molecule is NC1CCc2nc(C3CCCCC3)nn2C1. The van der Waals surface area contributed by atoms with Gasteiger partial charge in [0.25, 0.3) is 0 Å². The standard InChI is InChI=1S/C12H20N4/c13-10-6-7-11-14-12(15-16(11)8-10)9-4-2-1-3-5-9/h9-10H,1-8,13H2. The maximum absolute atomic E-state index is 5.95. The second kappa shape index (κ2) is 4.17. The van der Waals surface area contributed by atoms with Crippen LogP contribution in [-0.2, 0) is 13.0 Å². The number of fused-ring (bicyclic) bond motifs is 1. The van der Waals surface area contributed by atoms with Crippen molar-refractivity contribution < 1.29 is 0 Å². The van der Waals surface area contributed by atoms with Crippen LogP contribution >= 0.6 is 0 Å². The van der Waals surface area contributed by atoms with E-state index in [1.54, 1.807) is 0 Å². The van der Waals surface area contributed by atoms with Crippen LogP contribution in [0, 0.1) is 0 Å². The Balaban J connectivity index is 1.80. The molecule has 1 aliphatic carbocycles. The molecular weight excluding hydrogens is 200 g/mol. The fourth-order valence-electron chi connectivity index (χ4n) is 2.89. The molecule has 0 aromatic carbocycles. The summed E-state index contributed by atoms with van der Waals surface area (Å²) in [5, 5.41) is 4.65. The lowest BCUT2D eigenvalue weighted by molar-refractivity contribution is 0.408. The van der Waals surface area contributed by atoms with Crippen LogP contribution in [0.5, 0.6) is 0 Å². The summed E-state index contributed by atoms with van der Waals surface area (Å²) in [7, 11) is 0. The largest absolute Gasteiger partial charge is 0.326 e. The maximum Gasteiger partial charge on any atom is 0.154 e. The Morgan fingerprint density at radius 1 is 1.12 bits per heavy atom. The zero-order valence-electron chi connectivity index (χ0n) is 9.73. The van der Waals surface area contributed by atoms with Gasteiger partial charge in [-0.05, 0) is 19.3 Å². The average molecular weight is 220 g/mol. The van der Waals surface area contributed by atoms with Crippen LogP contribution in [0.3, 0.4) is 0 Å². The van der Waals surface area contributed by atoms with E-state index in [-0.39, 0.29) is 6.04 Å². The van der Waals surface area contributed by atoms with Crippen LogP contribution in [0.2, 0.25) is 0 Å². The maximum atomic E-state index is 5.95. The molecule has 0 spiro atoms. The second-order valence-corrected chi connectivity index (χ2v) is 5.20. The molecule has 4 heteroatoms. The molecular formula is C12H20N4. The van der Waals surface area contributed by atoms with Crippen LogP contribution in [0.4, 0.5) is 0 Å². The fourth-order valence-corrected chi connectivity index (χ4v) is 2.89. The fraction of sp³-hybridized carbons (Fsp3) is 0.833. The van der Waals surface area contributed by atoms with Gasteiger partial charge in [-0.3, -0.25) is 0 Å². The first-order valence-corrected chi connectivity index (χ1v) is 6.52. The van der Waals surface area contributed by atoms with Gasteiger partial charge in [0.15, 0.2) is 5.82 Å². The first-order chi connectivity index (χ1) is 7.83. The number of aromatic nitrogens is 3. The molecule has 0 bridgehead atoms. The quantitative estimate of drug-likeness (QED) is 0.782. The van der Waals surface area contributed by atoms with Crippen LogP contribution in [0.25, 0.3) is 0 Å². The van der Waals surface area contributed by atoms with Crippen molar-refractivity contribution in [2.24, 2.45) is 5.73 Å². The van der Waals surface area contributed by atoms with Crippen molar-refractivity contribution in [3.8, 4) is 0 Å². The Hall–Kier alpha value is -0.900. The molecule has 16 heavy (non-hydrogen) atoms. The van der Waals surface area contributed by atoms with Crippen LogP contribution in [0.15, 0.2) is 0 Å². The van der Waals surface area contributed by atoms with Gasteiger partial charge in [0.1, 0.15) is 5.82 Å². The first-order valence-electron chi connectivity index (χ1n) is 6.52. The van der Waals surface area contributed by atoms with Gasteiger partial charge >= 0.3 is 0 Å². The van der Waals surface area contributed by atoms with Gasteiger partial charge in [0.2, 0.25) is 0 Å². The highest BCUT2D eigenvalue weighted by atomic mass is 15.4. The Morgan fingerprint density at radius 3 is 2.75 bits per heavy atom. The van der Waals surface area contributed by atoms with Gasteiger partial charge in [-0.1, -0.05) is 19.3 Å². The summed E-state index contributed by atoms with van der Waals surface area (Å²) in [6.07, 6.45) is 8.67. The molecule has 88 valence electrons. The lowest BCUT2D eigenvalue weighted by Gasteiger charge is -2.18. The Labute approximate surface area is 96.2 Å². The van der Waals surface area contributed by atoms with Crippen LogP contribution < -0.4 is 5.73 Å². The van der Waals surface area contributed by atoms with E-state index in [0.717, 1.165) is 31.0 Å². The Kier molecular flexibility index (Phi) is 2.67. The first kappa shape index (κ1) is 10.3. The predicted octanol–water partition coefficient (Wildman–Crippen LogP) is 1.60. The molecule has 4 nitrogen and oxygen atoms in total. The lowest BCUT2D eigenvalue weighted by atomic mass is 9.89. The van der Waals surface area contributed by atoms with Crippen molar-refractivity contribution in [3.05, 3.63) is 11.6 Å². The van der Waals surface area contributed by atoms with Gasteiger partial charge in [0.05, 0.1) is 6.54 Å². The van der Waals surface area contributed by atoms with Gasteiger partial charge in [-0.15, -0.1) is 0 Å². The van der Waals surface area contributed by atoms with E-state index in [2.05, 4.69) is 5.10 Å². The summed E-state index contributed by atoms with van der Waals surface area (Å²) in [6, 6.07) is 0.272. The topological polar surface area (TPSA) is 56.7 Å². The summed E-state index contributed by atoms with van der Waals surface area (Å²) < 4.78 is 2.04. The number of aryl methyl sites for hydroxylation is 1. The summed E-state index contributed by atoms with van der Waals surface area (Å²) in [5.41, 5.74) is 5.95. The molecule has 3 rings (SSSR count). The van der Waals surface area contributed by atoms with E-state index >= 15 is 0 Å². The molecule has 1 saturated carbocycles. The normalized spacial score (nSPS) is 26.7. The van der Waals surface area contributed by atoms with Crippen molar-refractivity contribution in [2.75, 3.05) is 0 Å². The molecule has 2 aliphatic rings. The molecule has 2 heterocycles. The van der Waals surface area contributed by atoms with Crippen molar-refractivity contribution in [3.63, 3.8) is 0 Å². The zero-order valence-corrected chi connectivity index (χ0v) is 9.73. The lowest BCUT2D eigenvalue weighted by Crippen LogP contribution is -2.32. The molecule has 1 aromatic rings. The van der Waals surface area contributed by atoms with E-state index in [1.165, 1.54) is 32.1 Å². The third kappa shape index (κ3) is 1.86. The molecule has 0 saturated heterocycles. The monoisotopic (exact) mass is 220 g/mol. The molecule has 0 radical (unpaired) electrons. The van der Waals surface area contributed by atoms with Crippen LogP contribution in [0.1, 0.15) is 56.1 Å². The van der Waals surface area contributed by atoms with E-state index in [9.17, 15) is 0 Å². The molecule has 0 amide bonds. The number of rotatable bonds is 1. The number of nitrogens with two attached hydrogens (primary N) is 1. The van der Waals surface area contributed by atoms with Gasteiger partial charge < -0.3 is 5.73 Å². The van der Waals surface area contributed by atoms with E-state index in [4.69, 9.17) is 10.7 Å². The van der Waals surface area contributed by atoms with Crippen molar-refractivity contribution in [1.29, 1.82) is 0 Å². The smallest absolute Gasteiger partial charge is 0.154 e. The number of nitrogens with zero attached hydrogens (tertiary/aromatic N) is 3. The van der Waals surface area contributed by atoms with Gasteiger partial charge in [-0.25, -0.2) is 9.67 Å². The number of hydrogen-bond acceptors (Lipinski definition) is 3. The van der Waals surface area contributed by atoms with Gasteiger partial charge in [-0.2, -0.15) is 5.10 Å². The summed E-state index contributed by atoms with van der Waals surface area (Å²) >= 11 is 0. The Morgan fingerprint density at radius 2 is 1.94 bits per heavy atom. The molecule has 1 aromatic heterocycles. The van der Waals surface area contributed by atoms with E-state index < -0.39 is 0 Å². The van der Waals surface area contributed by atoms with Gasteiger partial charge in [0, 0.05) is 18.4 Å². The van der Waals surface area contributed by atoms with Crippen molar-refractivity contribution >= 4 is 0 Å². The molecule has 1 atom stereocenters. The van der Waals surface area contributed by atoms with Crippen molar-refractivity contribution in [1.82, 2.24) is 14.8 Å².